The lowest BCUT2D eigenvalue weighted by Gasteiger charge is -2.27. The first-order chi connectivity index (χ1) is 28.3. The topological polar surface area (TPSA) is 12.6 Å². The van der Waals surface area contributed by atoms with E-state index in [1.54, 1.807) is 0 Å². The molecular weight excluding hydrogens is 691 g/mol. The fourth-order valence-electron chi connectivity index (χ4n) is 9.37. The molecule has 0 amide bonds. The number of hydrogen-bond acceptors (Lipinski definition) is 1. The number of aromatic nitrogens is 2. The second-order valence-electron chi connectivity index (χ2n) is 14.9. The molecule has 3 heterocycles. The van der Waals surface area contributed by atoms with Crippen LogP contribution < -0.4 is 4.90 Å². The molecular formula is C54H35N3. The van der Waals surface area contributed by atoms with Gasteiger partial charge in [0.15, 0.2) is 0 Å². The maximum absolute atomic E-state index is 2.50. The largest absolute Gasteiger partial charge is 0.310 e. The van der Waals surface area contributed by atoms with Crippen molar-refractivity contribution in [2.24, 2.45) is 0 Å². The zero-order valence-corrected chi connectivity index (χ0v) is 31.0. The molecule has 9 aromatic carbocycles. The SMILES string of the molecule is c1ccc(-c2ccc(N(c3cccc(-c4ccccc4)c3)c3cccc(-n4c5cccc6c7cccc8c9ccccc9n(c9cccc4c9c65)c78)c3)cc2)cc1. The van der Waals surface area contributed by atoms with Gasteiger partial charge in [0.2, 0.25) is 0 Å². The Hall–Kier alpha value is -7.62. The van der Waals surface area contributed by atoms with E-state index >= 15 is 0 Å². The van der Waals surface area contributed by atoms with Crippen LogP contribution in [0.5, 0.6) is 0 Å². The molecule has 57 heavy (non-hydrogen) atoms. The van der Waals surface area contributed by atoms with Crippen molar-refractivity contribution in [2.45, 2.75) is 0 Å². The second-order valence-corrected chi connectivity index (χ2v) is 14.9. The molecule has 3 heteroatoms. The van der Waals surface area contributed by atoms with Gasteiger partial charge in [-0.25, -0.2) is 0 Å². The highest BCUT2D eigenvalue weighted by Gasteiger charge is 2.22. The van der Waals surface area contributed by atoms with Gasteiger partial charge >= 0.3 is 0 Å². The van der Waals surface area contributed by atoms with Crippen molar-refractivity contribution >= 4 is 77.0 Å². The molecule has 0 bridgehead atoms. The molecule has 0 saturated heterocycles. The van der Waals surface area contributed by atoms with Crippen LogP contribution in [0.2, 0.25) is 0 Å². The molecule has 0 radical (unpaired) electrons. The van der Waals surface area contributed by atoms with Crippen molar-refractivity contribution in [1.29, 1.82) is 0 Å². The van der Waals surface area contributed by atoms with Crippen LogP contribution in [0.4, 0.5) is 17.1 Å². The van der Waals surface area contributed by atoms with Crippen LogP contribution in [0.1, 0.15) is 0 Å². The predicted octanol–water partition coefficient (Wildman–Crippen LogP) is 14.7. The van der Waals surface area contributed by atoms with Crippen LogP contribution in [-0.2, 0) is 0 Å². The minimum atomic E-state index is 1.09. The zero-order valence-electron chi connectivity index (χ0n) is 31.0. The highest BCUT2D eigenvalue weighted by atomic mass is 15.1. The second kappa shape index (κ2) is 12.5. The lowest BCUT2D eigenvalue weighted by Crippen LogP contribution is -2.10. The number of para-hydroxylation sites is 2. The van der Waals surface area contributed by atoms with Gasteiger partial charge < -0.3 is 13.9 Å². The summed E-state index contributed by atoms with van der Waals surface area (Å²) in [5, 5.41) is 7.67. The summed E-state index contributed by atoms with van der Waals surface area (Å²) >= 11 is 0. The van der Waals surface area contributed by atoms with Crippen molar-refractivity contribution < 1.29 is 0 Å². The van der Waals surface area contributed by atoms with E-state index in [9.17, 15) is 0 Å². The molecule has 0 atom stereocenters. The Labute approximate surface area is 329 Å². The molecule has 0 aliphatic carbocycles. The van der Waals surface area contributed by atoms with E-state index < -0.39 is 0 Å². The predicted molar refractivity (Wildman–Crippen MR) is 241 cm³/mol. The first kappa shape index (κ1) is 31.7. The first-order valence-corrected chi connectivity index (χ1v) is 19.6. The first-order valence-electron chi connectivity index (χ1n) is 19.6. The molecule has 0 spiro atoms. The summed E-state index contributed by atoms with van der Waals surface area (Å²) in [6, 6.07) is 77.4. The molecule has 266 valence electrons. The van der Waals surface area contributed by atoms with Gasteiger partial charge in [-0.3, -0.25) is 0 Å². The van der Waals surface area contributed by atoms with Gasteiger partial charge in [0.25, 0.3) is 0 Å². The molecule has 0 aliphatic rings. The summed E-state index contributed by atoms with van der Waals surface area (Å²) in [4.78, 5) is 2.39. The Morgan fingerprint density at radius 2 is 0.807 bits per heavy atom. The summed E-state index contributed by atoms with van der Waals surface area (Å²) in [5.74, 6) is 0. The van der Waals surface area contributed by atoms with E-state index in [0.717, 1.165) is 22.7 Å². The summed E-state index contributed by atoms with van der Waals surface area (Å²) in [6.45, 7) is 0. The normalized spacial score (nSPS) is 11.9. The van der Waals surface area contributed by atoms with Gasteiger partial charge in [-0.05, 0) is 94.4 Å². The van der Waals surface area contributed by atoms with Gasteiger partial charge in [0, 0.05) is 49.7 Å². The number of hydrogen-bond donors (Lipinski definition) is 0. The van der Waals surface area contributed by atoms with E-state index in [2.05, 4.69) is 226 Å². The van der Waals surface area contributed by atoms with E-state index in [0.29, 0.717) is 0 Å². The quantitative estimate of drug-likeness (QED) is 0.166. The van der Waals surface area contributed by atoms with Gasteiger partial charge in [-0.2, -0.15) is 0 Å². The third kappa shape index (κ3) is 4.79. The van der Waals surface area contributed by atoms with Crippen molar-refractivity contribution in [1.82, 2.24) is 8.97 Å². The summed E-state index contributed by atoms with van der Waals surface area (Å²) in [5.41, 5.74) is 15.3. The van der Waals surface area contributed by atoms with Crippen LogP contribution in [0.15, 0.2) is 212 Å². The Bertz CT molecular complexity index is 3450. The van der Waals surface area contributed by atoms with E-state index in [1.165, 1.54) is 82.2 Å². The Morgan fingerprint density at radius 1 is 0.298 bits per heavy atom. The smallest absolute Gasteiger partial charge is 0.0619 e. The summed E-state index contributed by atoms with van der Waals surface area (Å²) in [7, 11) is 0. The Morgan fingerprint density at radius 3 is 1.60 bits per heavy atom. The maximum Gasteiger partial charge on any atom is 0.0619 e. The fourth-order valence-corrected chi connectivity index (χ4v) is 9.37. The molecule has 0 N–H and O–H groups in total. The van der Waals surface area contributed by atoms with E-state index in [1.807, 2.05) is 0 Å². The molecule has 3 nitrogen and oxygen atoms in total. The Kier molecular flexibility index (Phi) is 6.93. The number of nitrogens with zero attached hydrogens (tertiary/aromatic N) is 3. The highest BCUT2D eigenvalue weighted by Crippen LogP contribution is 2.45. The monoisotopic (exact) mass is 725 g/mol. The van der Waals surface area contributed by atoms with Gasteiger partial charge in [-0.15, -0.1) is 0 Å². The van der Waals surface area contributed by atoms with Gasteiger partial charge in [0.1, 0.15) is 0 Å². The molecule has 0 aliphatic heterocycles. The number of benzene rings is 9. The van der Waals surface area contributed by atoms with Crippen LogP contribution in [-0.4, -0.2) is 8.97 Å². The van der Waals surface area contributed by atoms with Crippen molar-refractivity contribution in [2.75, 3.05) is 4.90 Å². The lowest BCUT2D eigenvalue weighted by atomic mass is 10.0. The number of fused-ring (bicyclic) bond motifs is 5. The van der Waals surface area contributed by atoms with Crippen LogP contribution >= 0.6 is 0 Å². The average Bonchev–Trinajstić information content (AvgIpc) is 3.77. The maximum atomic E-state index is 2.50. The molecule has 3 aromatic heterocycles. The standard InChI is InChI=1S/C54H35N3/c1-3-14-36(15-4-1)38-30-32-40(33-31-38)55(41-19-9-18-39(34-41)37-16-5-2-6-17-37)42-20-10-21-43(35-42)56-49-27-12-23-45-47-25-11-24-46-44-22-7-8-26-48(44)57(54(46)47)51-29-13-28-50(56)53(51)52(45)49/h1-35H. The third-order valence-corrected chi connectivity index (χ3v) is 11.8. The Balaban J connectivity index is 1.10. The number of anilines is 3. The minimum absolute atomic E-state index is 1.09. The number of rotatable bonds is 6. The van der Waals surface area contributed by atoms with Crippen molar-refractivity contribution in [3.8, 4) is 27.9 Å². The van der Waals surface area contributed by atoms with E-state index in [-0.39, 0.29) is 0 Å². The van der Waals surface area contributed by atoms with Gasteiger partial charge in [-0.1, -0.05) is 146 Å². The van der Waals surface area contributed by atoms with E-state index in [4.69, 9.17) is 0 Å². The minimum Gasteiger partial charge on any atom is -0.310 e. The average molecular weight is 726 g/mol. The third-order valence-electron chi connectivity index (χ3n) is 11.8. The van der Waals surface area contributed by atoms with Crippen LogP contribution in [0, 0.1) is 0 Å². The summed E-state index contributed by atoms with van der Waals surface area (Å²) in [6.07, 6.45) is 0. The molecule has 0 unspecified atom stereocenters. The van der Waals surface area contributed by atoms with Crippen LogP contribution in [0.25, 0.3) is 87.8 Å². The van der Waals surface area contributed by atoms with Crippen molar-refractivity contribution in [3.63, 3.8) is 0 Å². The van der Waals surface area contributed by atoms with Gasteiger partial charge in [0.05, 0.1) is 27.6 Å². The van der Waals surface area contributed by atoms with Crippen LogP contribution in [0.3, 0.4) is 0 Å². The lowest BCUT2D eigenvalue weighted by molar-refractivity contribution is 1.17. The summed E-state index contributed by atoms with van der Waals surface area (Å²) < 4.78 is 4.97. The van der Waals surface area contributed by atoms with Crippen molar-refractivity contribution in [3.05, 3.63) is 212 Å². The highest BCUT2D eigenvalue weighted by molar-refractivity contribution is 6.31. The fraction of sp³-hybridized carbons (Fsp3) is 0. The molecule has 0 fully saturated rings. The molecule has 12 aromatic rings. The zero-order chi connectivity index (χ0) is 37.5. The molecule has 12 rings (SSSR count). The molecule has 0 saturated carbocycles.